The van der Waals surface area contributed by atoms with Gasteiger partial charge in [-0.2, -0.15) is 0 Å². The first-order chi connectivity index (χ1) is 7.40. The summed E-state index contributed by atoms with van der Waals surface area (Å²) in [6.45, 7) is 0. The molecule has 2 aromatic carbocycles. The Hall–Kier alpha value is -0.860. The van der Waals surface area contributed by atoms with Crippen molar-refractivity contribution in [1.82, 2.24) is 0 Å². The van der Waals surface area contributed by atoms with Gasteiger partial charge in [0.25, 0.3) is 0 Å². The van der Waals surface area contributed by atoms with Crippen molar-refractivity contribution < 1.29 is 0 Å². The van der Waals surface area contributed by atoms with Crippen molar-refractivity contribution in [2.45, 2.75) is 5.33 Å². The van der Waals surface area contributed by atoms with Gasteiger partial charge in [-0.05, 0) is 17.7 Å². The van der Waals surface area contributed by atoms with Crippen LogP contribution < -0.4 is 0 Å². The average Bonchev–Trinajstić information content (AvgIpc) is 2.67. The van der Waals surface area contributed by atoms with Gasteiger partial charge in [-0.3, -0.25) is 0 Å². The second-order valence-electron chi connectivity index (χ2n) is 3.52. The number of halogens is 1. The Labute approximate surface area is 101 Å². The fourth-order valence-corrected chi connectivity index (χ4v) is 3.58. The van der Waals surface area contributed by atoms with E-state index in [1.54, 1.807) is 0 Å². The van der Waals surface area contributed by atoms with E-state index in [1.165, 1.54) is 25.7 Å². The van der Waals surface area contributed by atoms with Crippen molar-refractivity contribution in [2.75, 3.05) is 0 Å². The highest BCUT2D eigenvalue weighted by Crippen LogP contribution is 2.36. The van der Waals surface area contributed by atoms with E-state index in [4.69, 9.17) is 0 Å². The standard InChI is InChI=1S/C13H9BrS/c14-8-9-4-3-7-12-13(9)10-5-1-2-6-11(10)15-12/h1-7H,8H2. The molecule has 0 N–H and O–H groups in total. The smallest absolute Gasteiger partial charge is 0.0358 e. The lowest BCUT2D eigenvalue weighted by Gasteiger charge is -1.98. The van der Waals surface area contributed by atoms with Gasteiger partial charge >= 0.3 is 0 Å². The minimum Gasteiger partial charge on any atom is -0.135 e. The number of fused-ring (bicyclic) bond motifs is 3. The Morgan fingerprint density at radius 3 is 2.60 bits per heavy atom. The topological polar surface area (TPSA) is 0 Å². The van der Waals surface area contributed by atoms with Gasteiger partial charge in [0.05, 0.1) is 0 Å². The van der Waals surface area contributed by atoms with Crippen LogP contribution in [0.2, 0.25) is 0 Å². The van der Waals surface area contributed by atoms with Gasteiger partial charge in [0, 0.05) is 25.5 Å². The summed E-state index contributed by atoms with van der Waals surface area (Å²) in [6.07, 6.45) is 0. The van der Waals surface area contributed by atoms with E-state index in [2.05, 4.69) is 58.4 Å². The molecule has 0 saturated carbocycles. The highest BCUT2D eigenvalue weighted by Gasteiger charge is 2.07. The van der Waals surface area contributed by atoms with Crippen LogP contribution in [0.5, 0.6) is 0 Å². The molecule has 0 spiro atoms. The highest BCUT2D eigenvalue weighted by atomic mass is 79.9. The Morgan fingerprint density at radius 2 is 1.73 bits per heavy atom. The van der Waals surface area contributed by atoms with Crippen LogP contribution in [0.3, 0.4) is 0 Å². The van der Waals surface area contributed by atoms with Crippen LogP contribution in [-0.2, 0) is 5.33 Å². The van der Waals surface area contributed by atoms with Gasteiger partial charge < -0.3 is 0 Å². The lowest BCUT2D eigenvalue weighted by Crippen LogP contribution is -1.77. The molecule has 0 amide bonds. The molecule has 2 heteroatoms. The second kappa shape index (κ2) is 3.62. The zero-order valence-electron chi connectivity index (χ0n) is 8.03. The second-order valence-corrected chi connectivity index (χ2v) is 5.17. The zero-order valence-corrected chi connectivity index (χ0v) is 10.4. The molecule has 0 unspecified atom stereocenters. The van der Waals surface area contributed by atoms with E-state index in [1.807, 2.05) is 11.3 Å². The predicted molar refractivity (Wildman–Crippen MR) is 72.0 cm³/mol. The summed E-state index contributed by atoms with van der Waals surface area (Å²) in [5, 5.41) is 3.72. The van der Waals surface area contributed by atoms with Crippen molar-refractivity contribution in [1.29, 1.82) is 0 Å². The Bertz CT molecular complexity index is 625. The molecule has 0 saturated heterocycles. The summed E-state index contributed by atoms with van der Waals surface area (Å²) in [5.41, 5.74) is 1.38. The van der Waals surface area contributed by atoms with E-state index in [9.17, 15) is 0 Å². The van der Waals surface area contributed by atoms with Gasteiger partial charge in [-0.1, -0.05) is 46.3 Å². The first-order valence-corrected chi connectivity index (χ1v) is 6.79. The fraction of sp³-hybridized carbons (Fsp3) is 0.0769. The molecule has 0 radical (unpaired) electrons. The number of hydrogen-bond acceptors (Lipinski definition) is 1. The van der Waals surface area contributed by atoms with Crippen LogP contribution >= 0.6 is 27.3 Å². The molecule has 0 nitrogen and oxygen atoms in total. The molecule has 1 aromatic heterocycles. The largest absolute Gasteiger partial charge is 0.135 e. The Morgan fingerprint density at radius 1 is 0.933 bits per heavy atom. The third-order valence-electron chi connectivity index (χ3n) is 2.63. The monoisotopic (exact) mass is 276 g/mol. The first kappa shape index (κ1) is 9.37. The van der Waals surface area contributed by atoms with Crippen LogP contribution in [0.1, 0.15) is 5.56 Å². The molecule has 0 aliphatic carbocycles. The summed E-state index contributed by atoms with van der Waals surface area (Å²) in [6, 6.07) is 15.1. The molecule has 1 heterocycles. The molecule has 0 aliphatic heterocycles. The molecular formula is C13H9BrS. The van der Waals surface area contributed by atoms with Crippen molar-refractivity contribution in [3.63, 3.8) is 0 Å². The van der Waals surface area contributed by atoms with E-state index in [-0.39, 0.29) is 0 Å². The summed E-state index contributed by atoms with van der Waals surface area (Å²) in [5.74, 6) is 0. The number of alkyl halides is 1. The molecular weight excluding hydrogens is 268 g/mol. The summed E-state index contributed by atoms with van der Waals surface area (Å²) < 4.78 is 2.76. The van der Waals surface area contributed by atoms with Crippen molar-refractivity contribution in [3.8, 4) is 0 Å². The van der Waals surface area contributed by atoms with E-state index < -0.39 is 0 Å². The van der Waals surface area contributed by atoms with Gasteiger partial charge in [-0.25, -0.2) is 0 Å². The number of benzene rings is 2. The predicted octanol–water partition coefficient (Wildman–Crippen LogP) is 4.95. The number of thiophene rings is 1. The average molecular weight is 277 g/mol. The molecule has 74 valence electrons. The maximum atomic E-state index is 3.55. The van der Waals surface area contributed by atoms with Crippen molar-refractivity contribution in [2.24, 2.45) is 0 Å². The molecule has 3 rings (SSSR count). The zero-order chi connectivity index (χ0) is 10.3. The van der Waals surface area contributed by atoms with Gasteiger partial charge in [0.1, 0.15) is 0 Å². The molecule has 0 bridgehead atoms. The van der Waals surface area contributed by atoms with Gasteiger partial charge in [-0.15, -0.1) is 11.3 Å². The highest BCUT2D eigenvalue weighted by molar-refractivity contribution is 9.08. The van der Waals surface area contributed by atoms with Crippen molar-refractivity contribution >= 4 is 47.4 Å². The van der Waals surface area contributed by atoms with Crippen molar-refractivity contribution in [3.05, 3.63) is 48.0 Å². The first-order valence-electron chi connectivity index (χ1n) is 4.85. The van der Waals surface area contributed by atoms with Crippen LogP contribution in [-0.4, -0.2) is 0 Å². The minimum absolute atomic E-state index is 0.922. The van der Waals surface area contributed by atoms with E-state index in [0.29, 0.717) is 0 Å². The quantitative estimate of drug-likeness (QED) is 0.552. The van der Waals surface area contributed by atoms with Crippen LogP contribution in [0.25, 0.3) is 20.2 Å². The lowest BCUT2D eigenvalue weighted by atomic mass is 10.1. The lowest BCUT2D eigenvalue weighted by molar-refractivity contribution is 1.51. The number of hydrogen-bond donors (Lipinski definition) is 0. The van der Waals surface area contributed by atoms with E-state index >= 15 is 0 Å². The van der Waals surface area contributed by atoms with Crippen LogP contribution in [0.15, 0.2) is 42.5 Å². The van der Waals surface area contributed by atoms with Gasteiger partial charge in [0.2, 0.25) is 0 Å². The molecule has 3 aromatic rings. The molecule has 0 fully saturated rings. The third-order valence-corrected chi connectivity index (χ3v) is 4.37. The Kier molecular flexibility index (Phi) is 2.26. The van der Waals surface area contributed by atoms with Gasteiger partial charge in [0.15, 0.2) is 0 Å². The molecule has 15 heavy (non-hydrogen) atoms. The maximum absolute atomic E-state index is 3.55. The van der Waals surface area contributed by atoms with Crippen LogP contribution in [0.4, 0.5) is 0 Å². The van der Waals surface area contributed by atoms with E-state index in [0.717, 1.165) is 5.33 Å². The molecule has 0 atom stereocenters. The van der Waals surface area contributed by atoms with Crippen LogP contribution in [0, 0.1) is 0 Å². The third kappa shape index (κ3) is 1.40. The number of rotatable bonds is 1. The summed E-state index contributed by atoms with van der Waals surface area (Å²) in [4.78, 5) is 0. The minimum atomic E-state index is 0.922. The SMILES string of the molecule is BrCc1cccc2sc3ccccc3c12. The fourth-order valence-electron chi connectivity index (χ4n) is 1.96. The summed E-state index contributed by atoms with van der Waals surface area (Å²) >= 11 is 5.42. The maximum Gasteiger partial charge on any atom is 0.0358 e. The Balaban J connectivity index is 2.56. The molecule has 0 aliphatic rings. The normalized spacial score (nSPS) is 11.3. The summed E-state index contributed by atoms with van der Waals surface area (Å²) in [7, 11) is 0.